The first-order valence-corrected chi connectivity index (χ1v) is 12.4. The van der Waals surface area contributed by atoms with Crippen molar-refractivity contribution in [3.05, 3.63) is 94.7 Å². The number of phenolic OH excluding ortho intramolecular Hbond substituents is 1. The largest absolute Gasteiger partial charge is 0.507 e. The van der Waals surface area contributed by atoms with Crippen LogP contribution in [0.25, 0.3) is 40.0 Å². The molecule has 7 nitrogen and oxygen atoms in total. The number of oxazole rings is 1. The molecule has 0 aliphatic carbocycles. The summed E-state index contributed by atoms with van der Waals surface area (Å²) in [6.07, 6.45) is 2.87. The minimum absolute atomic E-state index is 0.00226. The van der Waals surface area contributed by atoms with Gasteiger partial charge in [0.25, 0.3) is 0 Å². The predicted octanol–water partition coefficient (Wildman–Crippen LogP) is 7.26. The standard InChI is InChI=1S/C29H22ClN3O4S/c1-16-3-10-26-23(13-16)32-28(37-26)21-15-19(6-9-24(21)34)31-29(38)33-27(35)12-8-20-7-11-25(36-20)18-5-4-17(2)22(30)14-18/h3-15,34H,1-2H3,(H2,31,33,35,38)/b12-8+. The molecule has 5 rings (SSSR count). The number of fused-ring (bicyclic) bond motifs is 1. The van der Waals surface area contributed by atoms with Gasteiger partial charge in [-0.3, -0.25) is 10.1 Å². The maximum Gasteiger partial charge on any atom is 0.250 e. The van der Waals surface area contributed by atoms with Crippen molar-refractivity contribution in [3.8, 4) is 28.5 Å². The van der Waals surface area contributed by atoms with Crippen molar-refractivity contribution < 1.29 is 18.7 Å². The number of aryl methyl sites for hydroxylation is 2. The minimum Gasteiger partial charge on any atom is -0.507 e. The lowest BCUT2D eigenvalue weighted by atomic mass is 10.1. The lowest BCUT2D eigenvalue weighted by molar-refractivity contribution is -0.115. The van der Waals surface area contributed by atoms with Gasteiger partial charge in [-0.2, -0.15) is 0 Å². The summed E-state index contributed by atoms with van der Waals surface area (Å²) in [5.74, 6) is 0.980. The van der Waals surface area contributed by atoms with Crippen LogP contribution in [-0.4, -0.2) is 21.1 Å². The second-order valence-electron chi connectivity index (χ2n) is 8.66. The van der Waals surface area contributed by atoms with Gasteiger partial charge in [0.15, 0.2) is 10.7 Å². The van der Waals surface area contributed by atoms with Gasteiger partial charge in [0.2, 0.25) is 11.8 Å². The van der Waals surface area contributed by atoms with Crippen LogP contribution in [0.1, 0.15) is 16.9 Å². The molecule has 0 unspecified atom stereocenters. The lowest BCUT2D eigenvalue weighted by Crippen LogP contribution is -2.32. The topological polar surface area (TPSA) is 101 Å². The molecule has 5 aromatic rings. The molecule has 9 heteroatoms. The van der Waals surface area contributed by atoms with E-state index in [1.807, 2.05) is 56.3 Å². The van der Waals surface area contributed by atoms with E-state index in [4.69, 9.17) is 32.7 Å². The Morgan fingerprint density at radius 2 is 1.87 bits per heavy atom. The summed E-state index contributed by atoms with van der Waals surface area (Å²) in [6.45, 7) is 3.90. The van der Waals surface area contributed by atoms with Crippen LogP contribution in [0, 0.1) is 13.8 Å². The van der Waals surface area contributed by atoms with E-state index < -0.39 is 5.91 Å². The first-order chi connectivity index (χ1) is 18.2. The Bertz CT molecular complexity index is 1720. The predicted molar refractivity (Wildman–Crippen MR) is 153 cm³/mol. The molecule has 2 aromatic heterocycles. The smallest absolute Gasteiger partial charge is 0.250 e. The highest BCUT2D eigenvalue weighted by Gasteiger charge is 2.14. The van der Waals surface area contributed by atoms with E-state index in [0.717, 1.165) is 16.7 Å². The monoisotopic (exact) mass is 543 g/mol. The number of rotatable bonds is 5. The van der Waals surface area contributed by atoms with Crippen molar-refractivity contribution in [3.63, 3.8) is 0 Å². The number of nitrogens with zero attached hydrogens (tertiary/aromatic N) is 1. The average molecular weight is 544 g/mol. The van der Waals surface area contributed by atoms with Crippen molar-refractivity contribution in [2.45, 2.75) is 13.8 Å². The number of hydrogen-bond acceptors (Lipinski definition) is 6. The van der Waals surface area contributed by atoms with Gasteiger partial charge in [-0.25, -0.2) is 4.98 Å². The molecule has 0 fully saturated rings. The number of furan rings is 1. The van der Waals surface area contributed by atoms with Gasteiger partial charge in [0.1, 0.15) is 22.8 Å². The highest BCUT2D eigenvalue weighted by molar-refractivity contribution is 7.80. The van der Waals surface area contributed by atoms with Crippen LogP contribution in [0.15, 0.2) is 81.6 Å². The molecule has 38 heavy (non-hydrogen) atoms. The fourth-order valence-corrected chi connectivity index (χ4v) is 4.15. The zero-order valence-corrected chi connectivity index (χ0v) is 22.0. The Hall–Kier alpha value is -4.40. The molecule has 2 heterocycles. The van der Waals surface area contributed by atoms with Gasteiger partial charge in [-0.15, -0.1) is 0 Å². The van der Waals surface area contributed by atoms with Crippen LogP contribution in [0.4, 0.5) is 5.69 Å². The van der Waals surface area contributed by atoms with Crippen LogP contribution < -0.4 is 10.6 Å². The molecular weight excluding hydrogens is 522 g/mol. The zero-order chi connectivity index (χ0) is 26.8. The normalized spacial score (nSPS) is 11.2. The van der Waals surface area contributed by atoms with E-state index in [9.17, 15) is 9.90 Å². The number of hydrogen-bond donors (Lipinski definition) is 3. The summed E-state index contributed by atoms with van der Waals surface area (Å²) < 4.78 is 11.6. The second-order valence-corrected chi connectivity index (χ2v) is 9.48. The van der Waals surface area contributed by atoms with E-state index in [2.05, 4.69) is 15.6 Å². The number of thiocarbonyl (C=S) groups is 1. The van der Waals surface area contributed by atoms with Crippen LogP contribution >= 0.6 is 23.8 Å². The van der Waals surface area contributed by atoms with E-state index in [0.29, 0.717) is 38.9 Å². The van der Waals surface area contributed by atoms with Crippen molar-refractivity contribution in [1.29, 1.82) is 0 Å². The Morgan fingerprint density at radius 3 is 2.68 bits per heavy atom. The molecule has 1 amide bonds. The minimum atomic E-state index is -0.438. The zero-order valence-electron chi connectivity index (χ0n) is 20.4. The Kier molecular flexibility index (Phi) is 7.00. The van der Waals surface area contributed by atoms with E-state index in [-0.39, 0.29) is 16.8 Å². The Balaban J connectivity index is 1.23. The highest BCUT2D eigenvalue weighted by atomic mass is 35.5. The average Bonchev–Trinajstić information content (AvgIpc) is 3.52. The summed E-state index contributed by atoms with van der Waals surface area (Å²) in [7, 11) is 0. The summed E-state index contributed by atoms with van der Waals surface area (Å²) >= 11 is 11.5. The number of amides is 1. The van der Waals surface area contributed by atoms with Gasteiger partial charge in [-0.1, -0.05) is 29.8 Å². The van der Waals surface area contributed by atoms with Crippen molar-refractivity contribution in [2.75, 3.05) is 5.32 Å². The molecule has 190 valence electrons. The summed E-state index contributed by atoms with van der Waals surface area (Å²) in [5.41, 5.74) is 5.11. The van der Waals surface area contributed by atoms with E-state index in [1.54, 1.807) is 24.3 Å². The number of carbonyl (C=O) groups is 1. The fourth-order valence-electron chi connectivity index (χ4n) is 3.76. The SMILES string of the molecule is Cc1ccc2oc(-c3cc(NC(=S)NC(=O)/C=C/c4ccc(-c5ccc(C)c(Cl)c5)o4)ccc3O)nc2c1. The number of aromatic hydroxyl groups is 1. The van der Waals surface area contributed by atoms with Gasteiger partial charge in [0, 0.05) is 22.3 Å². The first kappa shape index (κ1) is 25.3. The summed E-state index contributed by atoms with van der Waals surface area (Å²) in [5, 5.41) is 16.6. The quantitative estimate of drug-likeness (QED) is 0.122. The third-order valence-corrected chi connectivity index (χ3v) is 6.36. The first-order valence-electron chi connectivity index (χ1n) is 11.6. The van der Waals surface area contributed by atoms with Crippen LogP contribution in [-0.2, 0) is 4.79 Å². The molecule has 3 N–H and O–H groups in total. The van der Waals surface area contributed by atoms with Crippen molar-refractivity contribution in [1.82, 2.24) is 10.3 Å². The number of phenols is 1. The Morgan fingerprint density at radius 1 is 1.03 bits per heavy atom. The second kappa shape index (κ2) is 10.5. The molecule has 0 aliphatic rings. The van der Waals surface area contributed by atoms with Gasteiger partial charge >= 0.3 is 0 Å². The number of halogens is 1. The molecule has 0 aliphatic heterocycles. The third kappa shape index (κ3) is 5.61. The van der Waals surface area contributed by atoms with E-state index >= 15 is 0 Å². The van der Waals surface area contributed by atoms with E-state index in [1.165, 1.54) is 12.1 Å². The fraction of sp³-hybridized carbons (Fsp3) is 0.0690. The van der Waals surface area contributed by atoms with Crippen LogP contribution in [0.2, 0.25) is 5.02 Å². The number of aromatic nitrogens is 1. The van der Waals surface area contributed by atoms with Crippen LogP contribution in [0.5, 0.6) is 5.75 Å². The third-order valence-electron chi connectivity index (χ3n) is 5.75. The molecule has 0 spiro atoms. The number of carbonyl (C=O) groups excluding carboxylic acids is 1. The maximum atomic E-state index is 12.4. The van der Waals surface area contributed by atoms with Crippen LogP contribution in [0.3, 0.4) is 0 Å². The number of benzene rings is 3. The number of nitrogens with one attached hydrogen (secondary N) is 2. The van der Waals surface area contributed by atoms with Gasteiger partial charge in [-0.05, 0) is 91.8 Å². The molecule has 0 bridgehead atoms. The molecule has 0 radical (unpaired) electrons. The molecular formula is C29H22ClN3O4S. The van der Waals surface area contributed by atoms with Gasteiger partial charge < -0.3 is 19.3 Å². The summed E-state index contributed by atoms with van der Waals surface area (Å²) in [6, 6.07) is 19.7. The molecule has 0 atom stereocenters. The molecule has 0 saturated heterocycles. The lowest BCUT2D eigenvalue weighted by Gasteiger charge is -2.09. The molecule has 3 aromatic carbocycles. The van der Waals surface area contributed by atoms with Gasteiger partial charge in [0.05, 0.1) is 5.56 Å². The highest BCUT2D eigenvalue weighted by Crippen LogP contribution is 2.33. The Labute approximate surface area is 228 Å². The van der Waals surface area contributed by atoms with Crippen molar-refractivity contribution >= 4 is 57.7 Å². The maximum absolute atomic E-state index is 12.4. The summed E-state index contributed by atoms with van der Waals surface area (Å²) in [4.78, 5) is 16.9. The molecule has 0 saturated carbocycles. The van der Waals surface area contributed by atoms with Crippen molar-refractivity contribution in [2.24, 2.45) is 0 Å². The number of anilines is 1.